The van der Waals surface area contributed by atoms with Gasteiger partial charge >= 0.3 is 0 Å². The molecule has 28 heavy (non-hydrogen) atoms. The number of nitriles is 1. The number of nitrogens with two attached hydrogens (primary N) is 1. The zero-order valence-electron chi connectivity index (χ0n) is 16.7. The van der Waals surface area contributed by atoms with Gasteiger partial charge in [0.1, 0.15) is 0 Å². The summed E-state index contributed by atoms with van der Waals surface area (Å²) < 4.78 is 0. The highest BCUT2D eigenvalue weighted by molar-refractivity contribution is 6.13. The minimum absolute atomic E-state index is 0.126. The third-order valence-electron chi connectivity index (χ3n) is 4.47. The number of rotatable bonds is 6. The first-order chi connectivity index (χ1) is 13.2. The lowest BCUT2D eigenvalue weighted by atomic mass is 10.0. The summed E-state index contributed by atoms with van der Waals surface area (Å²) in [5, 5.41) is 16.4. The van der Waals surface area contributed by atoms with E-state index in [4.69, 9.17) is 11.0 Å². The number of nitrogens with zero attached hydrogens (tertiary/aromatic N) is 2. The van der Waals surface area contributed by atoms with Crippen LogP contribution in [0.5, 0.6) is 0 Å². The van der Waals surface area contributed by atoms with E-state index in [1.54, 1.807) is 18.3 Å². The number of H-pyrrole nitrogens is 1. The maximum absolute atomic E-state index is 12.8. The molecule has 0 atom stereocenters. The van der Waals surface area contributed by atoms with E-state index in [1.165, 1.54) is 0 Å². The van der Waals surface area contributed by atoms with Crippen LogP contribution in [0.25, 0.3) is 21.9 Å². The first-order valence-corrected chi connectivity index (χ1v) is 9.38. The molecule has 0 saturated carbocycles. The van der Waals surface area contributed by atoms with Crippen molar-refractivity contribution >= 4 is 33.5 Å². The van der Waals surface area contributed by atoms with E-state index < -0.39 is 0 Å². The fourth-order valence-corrected chi connectivity index (χ4v) is 3.10. The maximum atomic E-state index is 12.8. The lowest BCUT2D eigenvalue weighted by Crippen LogP contribution is -2.37. The first kappa shape index (κ1) is 19.6. The Morgan fingerprint density at radius 2 is 2.14 bits per heavy atom. The Hall–Kier alpha value is -3.11. The number of aromatic amines is 1. The van der Waals surface area contributed by atoms with Crippen LogP contribution in [-0.2, 0) is 0 Å². The second kappa shape index (κ2) is 7.49. The van der Waals surface area contributed by atoms with Crippen LogP contribution >= 0.6 is 0 Å². The summed E-state index contributed by atoms with van der Waals surface area (Å²) in [5.41, 5.74) is 9.74. The van der Waals surface area contributed by atoms with Gasteiger partial charge in [0.15, 0.2) is 0 Å². The number of fused-ring (bicyclic) bond motifs is 3. The number of benzene rings is 1. The lowest BCUT2D eigenvalue weighted by Gasteiger charge is -2.19. The zero-order valence-corrected chi connectivity index (χ0v) is 16.7. The third kappa shape index (κ3) is 4.07. The molecule has 0 spiro atoms. The molecule has 1 aromatic carbocycles. The third-order valence-corrected chi connectivity index (χ3v) is 4.47. The molecule has 3 aromatic rings. The van der Waals surface area contributed by atoms with Gasteiger partial charge in [0.2, 0.25) is 0 Å². The van der Waals surface area contributed by atoms with Crippen LogP contribution in [-0.4, -0.2) is 34.0 Å². The molecular formula is C21H26N6O. The number of carbonyl (C=O) groups is 1. The summed E-state index contributed by atoms with van der Waals surface area (Å²) in [6.07, 6.45) is 2.27. The molecule has 0 bridgehead atoms. The molecule has 0 unspecified atom stereocenters. The summed E-state index contributed by atoms with van der Waals surface area (Å²) >= 11 is 0. The van der Waals surface area contributed by atoms with E-state index >= 15 is 0 Å². The lowest BCUT2D eigenvalue weighted by molar-refractivity contribution is 0.0952. The minimum atomic E-state index is -0.343. The second-order valence-corrected chi connectivity index (χ2v) is 8.06. The first-order valence-electron chi connectivity index (χ1n) is 9.38. The quantitative estimate of drug-likeness (QED) is 0.525. The number of hydrogen-bond acceptors (Lipinski definition) is 5. The van der Waals surface area contributed by atoms with Gasteiger partial charge in [-0.1, -0.05) is 0 Å². The number of anilines is 1. The molecule has 3 rings (SSSR count). The number of hydrogen-bond donors (Lipinski definition) is 4. The smallest absolute Gasteiger partial charge is 0.255 e. The predicted octanol–water partition coefficient (Wildman–Crippen LogP) is 3.27. The Balaban J connectivity index is 2.06. The molecule has 0 fully saturated rings. The number of amides is 1. The van der Waals surface area contributed by atoms with Gasteiger partial charge in [-0.25, -0.2) is 0 Å². The Morgan fingerprint density at radius 3 is 2.79 bits per heavy atom. The molecule has 0 aliphatic heterocycles. The fourth-order valence-electron chi connectivity index (χ4n) is 3.10. The van der Waals surface area contributed by atoms with Gasteiger partial charge in [-0.05, 0) is 52.3 Å². The van der Waals surface area contributed by atoms with Crippen molar-refractivity contribution < 1.29 is 4.79 Å². The number of aromatic nitrogens is 2. The normalized spacial score (nSPS) is 11.8. The van der Waals surface area contributed by atoms with Crippen LogP contribution in [0, 0.1) is 11.3 Å². The number of pyridine rings is 1. The number of carbonyl (C=O) groups excluding carboxylic acids is 1. The van der Waals surface area contributed by atoms with E-state index in [0.717, 1.165) is 21.9 Å². The van der Waals surface area contributed by atoms with Gasteiger partial charge in [-0.2, -0.15) is 5.26 Å². The monoisotopic (exact) mass is 378 g/mol. The van der Waals surface area contributed by atoms with Crippen LogP contribution < -0.4 is 16.4 Å². The molecule has 0 aliphatic rings. The van der Waals surface area contributed by atoms with Crippen molar-refractivity contribution in [1.29, 1.82) is 5.26 Å². The van der Waals surface area contributed by atoms with Crippen molar-refractivity contribution in [3.63, 3.8) is 0 Å². The van der Waals surface area contributed by atoms with E-state index in [-0.39, 0.29) is 17.5 Å². The van der Waals surface area contributed by atoms with Crippen LogP contribution in [0.15, 0.2) is 24.4 Å². The van der Waals surface area contributed by atoms with Gasteiger partial charge in [-0.3, -0.25) is 9.78 Å². The molecule has 2 heterocycles. The van der Waals surface area contributed by atoms with Gasteiger partial charge in [0.05, 0.1) is 33.9 Å². The highest BCUT2D eigenvalue weighted by atomic mass is 16.1. The summed E-state index contributed by atoms with van der Waals surface area (Å²) in [5.74, 6) is -0.196. The van der Waals surface area contributed by atoms with E-state index in [0.29, 0.717) is 29.8 Å². The molecule has 146 valence electrons. The maximum Gasteiger partial charge on any atom is 0.255 e. The molecule has 7 heteroatoms. The molecule has 7 nitrogen and oxygen atoms in total. The van der Waals surface area contributed by atoms with Crippen molar-refractivity contribution in [1.82, 2.24) is 15.3 Å². The van der Waals surface area contributed by atoms with Crippen LogP contribution in [0.4, 0.5) is 5.69 Å². The number of nitrogens with one attached hydrogen (secondary N) is 3. The van der Waals surface area contributed by atoms with Crippen molar-refractivity contribution in [2.75, 3.05) is 11.9 Å². The van der Waals surface area contributed by atoms with Crippen molar-refractivity contribution in [2.45, 2.75) is 45.7 Å². The minimum Gasteiger partial charge on any atom is -0.380 e. The average molecular weight is 378 g/mol. The highest BCUT2D eigenvalue weighted by Gasteiger charge is 2.20. The summed E-state index contributed by atoms with van der Waals surface area (Å²) in [6.45, 7) is 8.37. The van der Waals surface area contributed by atoms with E-state index in [2.05, 4.69) is 26.7 Å². The molecule has 0 radical (unpaired) electrons. The van der Waals surface area contributed by atoms with Gasteiger partial charge in [0.25, 0.3) is 5.91 Å². The van der Waals surface area contributed by atoms with Crippen LogP contribution in [0.1, 0.15) is 50.0 Å². The largest absolute Gasteiger partial charge is 0.380 e. The van der Waals surface area contributed by atoms with Crippen molar-refractivity contribution in [2.24, 2.45) is 5.73 Å². The Bertz CT molecular complexity index is 1070. The molecule has 5 N–H and O–H groups in total. The Kier molecular flexibility index (Phi) is 5.25. The topological polar surface area (TPSA) is 120 Å². The Morgan fingerprint density at radius 1 is 1.39 bits per heavy atom. The molecule has 1 amide bonds. The molecule has 0 saturated heterocycles. The summed E-state index contributed by atoms with van der Waals surface area (Å²) in [4.78, 5) is 20.7. The van der Waals surface area contributed by atoms with Gasteiger partial charge < -0.3 is 21.4 Å². The second-order valence-electron chi connectivity index (χ2n) is 8.06. The standard InChI is InChI=1S/C21H26N6O/c1-12(2)26-18-15(20(28)24-8-7-21(3,4)23)11-25-17-14-6-5-13(10-22)9-16(14)27-19(17)18/h5-6,9,11-12,27H,7-8,23H2,1-4H3,(H,24,28)(H,25,26). The average Bonchev–Trinajstić information content (AvgIpc) is 2.98. The van der Waals surface area contributed by atoms with E-state index in [1.807, 2.05) is 33.8 Å². The Labute approximate surface area is 164 Å². The molecular weight excluding hydrogens is 352 g/mol. The highest BCUT2D eigenvalue weighted by Crippen LogP contribution is 2.32. The molecule has 0 aliphatic carbocycles. The van der Waals surface area contributed by atoms with Crippen LogP contribution in [0.3, 0.4) is 0 Å². The van der Waals surface area contributed by atoms with Crippen LogP contribution in [0.2, 0.25) is 0 Å². The molecule has 2 aromatic heterocycles. The fraction of sp³-hybridized carbons (Fsp3) is 0.381. The summed E-state index contributed by atoms with van der Waals surface area (Å²) in [7, 11) is 0. The summed E-state index contributed by atoms with van der Waals surface area (Å²) in [6, 6.07) is 7.70. The predicted molar refractivity (Wildman–Crippen MR) is 112 cm³/mol. The SMILES string of the molecule is CC(C)Nc1c(C(=O)NCCC(C)(C)N)cnc2c1[nH]c1cc(C#N)ccc12. The van der Waals surface area contributed by atoms with Gasteiger partial charge in [-0.15, -0.1) is 0 Å². The van der Waals surface area contributed by atoms with E-state index in [9.17, 15) is 4.79 Å². The van der Waals surface area contributed by atoms with Crippen molar-refractivity contribution in [3.8, 4) is 6.07 Å². The zero-order chi connectivity index (χ0) is 20.5. The van der Waals surface area contributed by atoms with Crippen molar-refractivity contribution in [3.05, 3.63) is 35.5 Å². The van der Waals surface area contributed by atoms with Gasteiger partial charge in [0, 0.05) is 35.2 Å².